The minimum Gasteiger partial charge on any atom is -0.339 e. The van der Waals surface area contributed by atoms with E-state index in [1.165, 1.54) is 6.42 Å². The standard InChI is InChI=1S/C9H17NOS/c1-7-4-5-10(8(7)2)9(11)6-12-3/h7-8H,4-6H2,1-3H3. The summed E-state index contributed by atoms with van der Waals surface area (Å²) in [4.78, 5) is 13.5. The lowest BCUT2D eigenvalue weighted by Gasteiger charge is -2.22. The molecule has 0 radical (unpaired) electrons. The van der Waals surface area contributed by atoms with Crippen LogP contribution in [0.25, 0.3) is 0 Å². The molecule has 1 saturated heterocycles. The molecule has 1 rings (SSSR count). The van der Waals surface area contributed by atoms with Crippen LogP contribution in [0.4, 0.5) is 0 Å². The quantitative estimate of drug-likeness (QED) is 0.654. The third-order valence-electron chi connectivity index (χ3n) is 2.73. The van der Waals surface area contributed by atoms with Crippen molar-refractivity contribution >= 4 is 17.7 Å². The Kier molecular flexibility index (Phi) is 3.44. The number of carbonyl (C=O) groups excluding carboxylic acids is 1. The molecule has 0 aliphatic carbocycles. The Morgan fingerprint density at radius 3 is 2.67 bits per heavy atom. The fourth-order valence-electron chi connectivity index (χ4n) is 1.65. The van der Waals surface area contributed by atoms with Gasteiger partial charge in [0.05, 0.1) is 5.75 Å². The van der Waals surface area contributed by atoms with Crippen molar-refractivity contribution in [1.29, 1.82) is 0 Å². The van der Waals surface area contributed by atoms with Crippen molar-refractivity contribution in [3.63, 3.8) is 0 Å². The second-order valence-corrected chi connectivity index (χ2v) is 4.39. The number of thioether (sulfide) groups is 1. The molecule has 2 atom stereocenters. The van der Waals surface area contributed by atoms with E-state index in [2.05, 4.69) is 13.8 Å². The summed E-state index contributed by atoms with van der Waals surface area (Å²) in [5.74, 6) is 1.62. The molecule has 0 aromatic rings. The van der Waals surface area contributed by atoms with E-state index in [0.29, 0.717) is 23.6 Å². The SMILES string of the molecule is CSCC(=O)N1CCC(C)C1C. The van der Waals surface area contributed by atoms with E-state index in [9.17, 15) is 4.79 Å². The molecular formula is C9H17NOS. The van der Waals surface area contributed by atoms with Gasteiger partial charge in [0.25, 0.3) is 0 Å². The molecule has 2 nitrogen and oxygen atoms in total. The maximum absolute atomic E-state index is 11.5. The summed E-state index contributed by atoms with van der Waals surface area (Å²) >= 11 is 1.61. The van der Waals surface area contributed by atoms with Crippen molar-refractivity contribution in [2.24, 2.45) is 5.92 Å². The molecule has 1 amide bonds. The Bertz CT molecular complexity index is 172. The molecule has 3 heteroatoms. The summed E-state index contributed by atoms with van der Waals surface area (Å²) in [7, 11) is 0. The van der Waals surface area contributed by atoms with E-state index in [-0.39, 0.29) is 0 Å². The summed E-state index contributed by atoms with van der Waals surface area (Å²) in [6.07, 6.45) is 3.14. The van der Waals surface area contributed by atoms with Gasteiger partial charge in [0, 0.05) is 12.6 Å². The van der Waals surface area contributed by atoms with Gasteiger partial charge in [0.1, 0.15) is 0 Å². The van der Waals surface area contributed by atoms with E-state index >= 15 is 0 Å². The second kappa shape index (κ2) is 4.17. The summed E-state index contributed by atoms with van der Waals surface area (Å²) in [6, 6.07) is 0.449. The van der Waals surface area contributed by atoms with Crippen molar-refractivity contribution in [3.8, 4) is 0 Å². The van der Waals surface area contributed by atoms with E-state index in [1.54, 1.807) is 11.8 Å². The maximum Gasteiger partial charge on any atom is 0.232 e. The summed E-state index contributed by atoms with van der Waals surface area (Å²) < 4.78 is 0. The number of rotatable bonds is 2. The van der Waals surface area contributed by atoms with Gasteiger partial charge in [0.2, 0.25) is 5.91 Å². The number of hydrogen-bond acceptors (Lipinski definition) is 2. The van der Waals surface area contributed by atoms with Gasteiger partial charge < -0.3 is 4.90 Å². The summed E-state index contributed by atoms with van der Waals surface area (Å²) in [6.45, 7) is 5.33. The summed E-state index contributed by atoms with van der Waals surface area (Å²) in [5.41, 5.74) is 0. The molecule has 0 saturated carbocycles. The third-order valence-corrected chi connectivity index (χ3v) is 3.26. The van der Waals surface area contributed by atoms with Crippen LogP contribution in [-0.2, 0) is 4.79 Å². The molecule has 0 spiro atoms. The van der Waals surface area contributed by atoms with Gasteiger partial charge in [-0.15, -0.1) is 0 Å². The van der Waals surface area contributed by atoms with Gasteiger partial charge in [-0.1, -0.05) is 6.92 Å². The Morgan fingerprint density at radius 2 is 2.25 bits per heavy atom. The molecule has 0 aromatic heterocycles. The molecule has 0 N–H and O–H groups in total. The lowest BCUT2D eigenvalue weighted by Crippen LogP contribution is -2.36. The highest BCUT2D eigenvalue weighted by molar-refractivity contribution is 7.99. The van der Waals surface area contributed by atoms with Crippen molar-refractivity contribution < 1.29 is 4.79 Å². The highest BCUT2D eigenvalue weighted by Gasteiger charge is 2.30. The van der Waals surface area contributed by atoms with Crippen LogP contribution in [-0.4, -0.2) is 35.4 Å². The van der Waals surface area contributed by atoms with E-state index in [1.807, 2.05) is 11.2 Å². The van der Waals surface area contributed by atoms with Crippen LogP contribution in [0, 0.1) is 5.92 Å². The molecule has 1 aliphatic rings. The Balaban J connectivity index is 2.47. The average Bonchev–Trinajstić information content (AvgIpc) is 2.34. The first-order valence-electron chi connectivity index (χ1n) is 4.45. The number of likely N-dealkylation sites (tertiary alicyclic amines) is 1. The van der Waals surface area contributed by atoms with Crippen LogP contribution >= 0.6 is 11.8 Å². The molecule has 0 bridgehead atoms. The molecule has 2 unspecified atom stereocenters. The zero-order chi connectivity index (χ0) is 9.14. The molecule has 1 aliphatic heterocycles. The number of amides is 1. The van der Waals surface area contributed by atoms with Crippen LogP contribution in [0.15, 0.2) is 0 Å². The monoisotopic (exact) mass is 187 g/mol. The van der Waals surface area contributed by atoms with Gasteiger partial charge in [0.15, 0.2) is 0 Å². The van der Waals surface area contributed by atoms with Crippen LogP contribution in [0.3, 0.4) is 0 Å². The van der Waals surface area contributed by atoms with Crippen molar-refractivity contribution in [3.05, 3.63) is 0 Å². The predicted octanol–water partition coefficient (Wildman–Crippen LogP) is 1.61. The lowest BCUT2D eigenvalue weighted by molar-refractivity contribution is -0.129. The fourth-order valence-corrected chi connectivity index (χ4v) is 2.07. The van der Waals surface area contributed by atoms with Gasteiger partial charge in [-0.3, -0.25) is 4.79 Å². The number of hydrogen-bond donors (Lipinski definition) is 0. The topological polar surface area (TPSA) is 20.3 Å². The zero-order valence-electron chi connectivity index (χ0n) is 8.04. The Hall–Kier alpha value is -0.180. The van der Waals surface area contributed by atoms with Crippen molar-refractivity contribution in [2.45, 2.75) is 26.3 Å². The largest absolute Gasteiger partial charge is 0.339 e. The van der Waals surface area contributed by atoms with E-state index in [0.717, 1.165) is 6.54 Å². The molecule has 1 heterocycles. The molecular weight excluding hydrogens is 170 g/mol. The second-order valence-electron chi connectivity index (χ2n) is 3.53. The molecule has 0 aromatic carbocycles. The van der Waals surface area contributed by atoms with Crippen LogP contribution in [0.5, 0.6) is 0 Å². The first kappa shape index (κ1) is 9.90. The first-order chi connectivity index (χ1) is 5.66. The predicted molar refractivity (Wildman–Crippen MR) is 53.3 cm³/mol. The highest BCUT2D eigenvalue weighted by atomic mass is 32.2. The first-order valence-corrected chi connectivity index (χ1v) is 5.84. The van der Waals surface area contributed by atoms with Crippen LogP contribution < -0.4 is 0 Å². The lowest BCUT2D eigenvalue weighted by atomic mass is 10.1. The average molecular weight is 187 g/mol. The minimum atomic E-state index is 0.305. The molecule has 12 heavy (non-hydrogen) atoms. The van der Waals surface area contributed by atoms with Crippen LogP contribution in [0.2, 0.25) is 0 Å². The van der Waals surface area contributed by atoms with Gasteiger partial charge >= 0.3 is 0 Å². The fraction of sp³-hybridized carbons (Fsp3) is 0.889. The van der Waals surface area contributed by atoms with E-state index in [4.69, 9.17) is 0 Å². The summed E-state index contributed by atoms with van der Waals surface area (Å²) in [5, 5.41) is 0. The zero-order valence-corrected chi connectivity index (χ0v) is 8.86. The van der Waals surface area contributed by atoms with Gasteiger partial charge in [-0.2, -0.15) is 11.8 Å². The minimum absolute atomic E-state index is 0.305. The normalized spacial score (nSPS) is 29.4. The molecule has 1 fully saturated rings. The maximum atomic E-state index is 11.5. The number of nitrogens with zero attached hydrogens (tertiary/aromatic N) is 1. The van der Waals surface area contributed by atoms with E-state index < -0.39 is 0 Å². The van der Waals surface area contributed by atoms with Crippen molar-refractivity contribution in [1.82, 2.24) is 4.90 Å². The number of carbonyl (C=O) groups is 1. The Morgan fingerprint density at radius 1 is 1.58 bits per heavy atom. The smallest absolute Gasteiger partial charge is 0.232 e. The van der Waals surface area contributed by atoms with Crippen LogP contribution in [0.1, 0.15) is 20.3 Å². The third kappa shape index (κ3) is 1.94. The molecule has 70 valence electrons. The van der Waals surface area contributed by atoms with Crippen molar-refractivity contribution in [2.75, 3.05) is 18.6 Å². The highest BCUT2D eigenvalue weighted by Crippen LogP contribution is 2.23. The van der Waals surface area contributed by atoms with Gasteiger partial charge in [-0.05, 0) is 25.5 Å². The van der Waals surface area contributed by atoms with Gasteiger partial charge in [-0.25, -0.2) is 0 Å². The Labute approximate surface area is 78.7 Å².